The molecule has 0 spiro atoms. The lowest BCUT2D eigenvalue weighted by atomic mass is 10.4. The van der Waals surface area contributed by atoms with Crippen LogP contribution in [0.15, 0.2) is 34.1 Å². The molecule has 0 aliphatic carbocycles. The molecule has 0 bridgehead atoms. The van der Waals surface area contributed by atoms with E-state index in [2.05, 4.69) is 0 Å². The average Bonchev–Trinajstić information content (AvgIpc) is 2.62. The van der Waals surface area contributed by atoms with Crippen LogP contribution >= 0.6 is 23.2 Å². The molecule has 0 unspecified atom stereocenters. The molecule has 1 aromatic heterocycles. The standard InChI is InChI=1S/C9H6Cl2N2O4S/c10-5-1-2-6(11)7(3-5)18(16,17)13-4-8(14)12-9(13)15/h1-4,14H,(H,12,15). The van der Waals surface area contributed by atoms with Gasteiger partial charge in [0.1, 0.15) is 4.90 Å². The van der Waals surface area contributed by atoms with Crippen molar-refractivity contribution in [2.75, 3.05) is 0 Å². The number of halogens is 2. The Hall–Kier alpha value is -1.44. The van der Waals surface area contributed by atoms with Crippen molar-refractivity contribution < 1.29 is 13.5 Å². The summed E-state index contributed by atoms with van der Waals surface area (Å²) in [5.41, 5.74) is -0.997. The molecule has 2 aromatic rings. The number of nitrogens with one attached hydrogen (secondary N) is 1. The molecular formula is C9H6Cl2N2O4S. The quantitative estimate of drug-likeness (QED) is 0.877. The highest BCUT2D eigenvalue weighted by Crippen LogP contribution is 2.26. The summed E-state index contributed by atoms with van der Waals surface area (Å²) in [6, 6.07) is 3.84. The number of aromatic amines is 1. The Morgan fingerprint density at radius 3 is 2.50 bits per heavy atom. The van der Waals surface area contributed by atoms with Crippen molar-refractivity contribution in [1.29, 1.82) is 0 Å². The van der Waals surface area contributed by atoms with Crippen LogP contribution in [0, 0.1) is 0 Å². The third-order valence-corrected chi connectivity index (χ3v) is 4.46. The highest BCUT2D eigenvalue weighted by Gasteiger charge is 2.23. The molecule has 18 heavy (non-hydrogen) atoms. The topological polar surface area (TPSA) is 92.2 Å². The molecule has 0 saturated carbocycles. The van der Waals surface area contributed by atoms with Crippen LogP contribution in [-0.2, 0) is 10.0 Å². The molecule has 0 atom stereocenters. The molecule has 96 valence electrons. The molecule has 0 fully saturated rings. The highest BCUT2D eigenvalue weighted by molar-refractivity contribution is 7.90. The minimum atomic E-state index is -4.21. The normalized spacial score (nSPS) is 11.7. The number of hydrogen-bond acceptors (Lipinski definition) is 4. The number of rotatable bonds is 2. The molecule has 0 aliphatic heterocycles. The Labute approximate surface area is 111 Å². The third kappa shape index (κ3) is 2.12. The predicted molar refractivity (Wildman–Crippen MR) is 65.8 cm³/mol. The predicted octanol–water partition coefficient (Wildman–Crippen LogP) is 1.43. The maximum Gasteiger partial charge on any atom is 0.342 e. The lowest BCUT2D eigenvalue weighted by Crippen LogP contribution is -2.24. The number of hydrogen-bond donors (Lipinski definition) is 2. The molecule has 1 heterocycles. The van der Waals surface area contributed by atoms with Crippen molar-refractivity contribution in [2.24, 2.45) is 0 Å². The van der Waals surface area contributed by atoms with Gasteiger partial charge in [-0.3, -0.25) is 4.98 Å². The van der Waals surface area contributed by atoms with E-state index in [9.17, 15) is 13.2 Å². The second kappa shape index (κ2) is 4.34. The number of benzene rings is 1. The van der Waals surface area contributed by atoms with Crippen LogP contribution in [0.5, 0.6) is 5.88 Å². The summed E-state index contributed by atoms with van der Waals surface area (Å²) < 4.78 is 24.6. The first kappa shape index (κ1) is 13.0. The number of H-pyrrole nitrogens is 1. The summed E-state index contributed by atoms with van der Waals surface area (Å²) >= 11 is 11.5. The van der Waals surface area contributed by atoms with Gasteiger partial charge in [-0.25, -0.2) is 13.2 Å². The molecular weight excluding hydrogens is 303 g/mol. The number of aromatic nitrogens is 2. The van der Waals surface area contributed by atoms with Gasteiger partial charge in [-0.05, 0) is 18.2 Å². The number of imidazole rings is 1. The molecule has 2 N–H and O–H groups in total. The first-order chi connectivity index (χ1) is 8.32. The SMILES string of the molecule is O=c1[nH]c(O)cn1S(=O)(=O)c1cc(Cl)ccc1Cl. The van der Waals surface area contributed by atoms with E-state index >= 15 is 0 Å². The van der Waals surface area contributed by atoms with Crippen molar-refractivity contribution >= 4 is 33.2 Å². The van der Waals surface area contributed by atoms with E-state index in [0.717, 1.165) is 12.3 Å². The van der Waals surface area contributed by atoms with Crippen LogP contribution in [0.4, 0.5) is 0 Å². The summed E-state index contributed by atoms with van der Waals surface area (Å²) in [4.78, 5) is 13.0. The Balaban J connectivity index is 2.73. The van der Waals surface area contributed by atoms with Gasteiger partial charge < -0.3 is 5.11 Å². The van der Waals surface area contributed by atoms with Crippen molar-refractivity contribution in [3.63, 3.8) is 0 Å². The van der Waals surface area contributed by atoms with Crippen molar-refractivity contribution in [1.82, 2.24) is 8.96 Å². The summed E-state index contributed by atoms with van der Waals surface area (Å²) in [5, 5.41) is 9.15. The van der Waals surface area contributed by atoms with Crippen LogP contribution in [0.25, 0.3) is 0 Å². The van der Waals surface area contributed by atoms with Crippen LogP contribution in [0.3, 0.4) is 0 Å². The summed E-state index contributed by atoms with van der Waals surface area (Å²) in [7, 11) is -4.21. The molecule has 0 amide bonds. The van der Waals surface area contributed by atoms with Crippen LogP contribution in [0.1, 0.15) is 0 Å². The average molecular weight is 309 g/mol. The zero-order valence-electron chi connectivity index (χ0n) is 8.59. The highest BCUT2D eigenvalue weighted by atomic mass is 35.5. The van der Waals surface area contributed by atoms with E-state index in [-0.39, 0.29) is 14.9 Å². The third-order valence-electron chi connectivity index (χ3n) is 2.10. The van der Waals surface area contributed by atoms with Gasteiger partial charge >= 0.3 is 5.69 Å². The molecule has 0 aliphatic rings. The van der Waals surface area contributed by atoms with Gasteiger partial charge in [-0.15, -0.1) is 0 Å². The lowest BCUT2D eigenvalue weighted by Gasteiger charge is -2.06. The Bertz CT molecular complexity index is 763. The second-order valence-electron chi connectivity index (χ2n) is 3.32. The zero-order valence-corrected chi connectivity index (χ0v) is 10.9. The maximum atomic E-state index is 12.1. The van der Waals surface area contributed by atoms with Gasteiger partial charge in [0.2, 0.25) is 5.88 Å². The van der Waals surface area contributed by atoms with E-state index in [1.165, 1.54) is 12.1 Å². The first-order valence-corrected chi connectivity index (χ1v) is 6.73. The van der Waals surface area contributed by atoms with Crippen molar-refractivity contribution in [2.45, 2.75) is 4.90 Å². The smallest absolute Gasteiger partial charge is 0.342 e. The summed E-state index contributed by atoms with van der Waals surface area (Å²) in [6.07, 6.45) is 0.745. The van der Waals surface area contributed by atoms with Gasteiger partial charge in [-0.1, -0.05) is 23.2 Å². The van der Waals surface area contributed by atoms with E-state index < -0.39 is 21.6 Å². The molecule has 2 rings (SSSR count). The van der Waals surface area contributed by atoms with E-state index in [0.29, 0.717) is 3.97 Å². The van der Waals surface area contributed by atoms with E-state index in [1.807, 2.05) is 4.98 Å². The Morgan fingerprint density at radius 2 is 1.94 bits per heavy atom. The Morgan fingerprint density at radius 1 is 1.28 bits per heavy atom. The number of aromatic hydroxyl groups is 1. The first-order valence-electron chi connectivity index (χ1n) is 4.53. The monoisotopic (exact) mass is 308 g/mol. The minimum Gasteiger partial charge on any atom is -0.493 e. The van der Waals surface area contributed by atoms with Gasteiger partial charge in [-0.2, -0.15) is 3.97 Å². The molecule has 0 radical (unpaired) electrons. The second-order valence-corrected chi connectivity index (χ2v) is 5.95. The summed E-state index contributed by atoms with van der Waals surface area (Å²) in [6.45, 7) is 0. The fraction of sp³-hybridized carbons (Fsp3) is 0. The van der Waals surface area contributed by atoms with Crippen LogP contribution < -0.4 is 5.69 Å². The van der Waals surface area contributed by atoms with Crippen molar-refractivity contribution in [3.05, 3.63) is 44.9 Å². The fourth-order valence-corrected chi connectivity index (χ4v) is 3.28. The Kier molecular flexibility index (Phi) is 3.14. The van der Waals surface area contributed by atoms with Crippen LogP contribution in [0.2, 0.25) is 10.0 Å². The minimum absolute atomic E-state index is 0.0769. The van der Waals surface area contributed by atoms with E-state index in [1.54, 1.807) is 0 Å². The van der Waals surface area contributed by atoms with Crippen LogP contribution in [-0.4, -0.2) is 22.5 Å². The largest absolute Gasteiger partial charge is 0.493 e. The van der Waals surface area contributed by atoms with Gasteiger partial charge in [0.05, 0.1) is 11.2 Å². The molecule has 1 aromatic carbocycles. The van der Waals surface area contributed by atoms with E-state index in [4.69, 9.17) is 28.3 Å². The van der Waals surface area contributed by atoms with Gasteiger partial charge in [0.15, 0.2) is 0 Å². The number of nitrogens with zero attached hydrogens (tertiary/aromatic N) is 1. The lowest BCUT2D eigenvalue weighted by molar-refractivity contribution is 0.455. The molecule has 0 saturated heterocycles. The molecule has 6 nitrogen and oxygen atoms in total. The van der Waals surface area contributed by atoms with Gasteiger partial charge in [0.25, 0.3) is 10.0 Å². The van der Waals surface area contributed by atoms with Gasteiger partial charge in [0, 0.05) is 5.02 Å². The molecule has 9 heteroatoms. The fourth-order valence-electron chi connectivity index (χ4n) is 1.33. The zero-order chi connectivity index (χ0) is 13.5. The summed E-state index contributed by atoms with van der Waals surface area (Å²) in [5.74, 6) is -0.568. The van der Waals surface area contributed by atoms with Crippen molar-refractivity contribution in [3.8, 4) is 5.88 Å². The maximum absolute atomic E-state index is 12.1.